The summed E-state index contributed by atoms with van der Waals surface area (Å²) in [5, 5.41) is 10.5. The average molecular weight is 396 g/mol. The summed E-state index contributed by atoms with van der Waals surface area (Å²) >= 11 is 1.32. The highest BCUT2D eigenvalue weighted by Crippen LogP contribution is 2.31. The molecule has 140 valence electrons. The van der Waals surface area contributed by atoms with Crippen LogP contribution in [0.15, 0.2) is 41.6 Å². The number of para-hydroxylation sites is 1. The van der Waals surface area contributed by atoms with Crippen LogP contribution in [0.25, 0.3) is 0 Å². The van der Waals surface area contributed by atoms with Crippen molar-refractivity contribution >= 4 is 41.7 Å². The maximum atomic E-state index is 12.8. The fourth-order valence-corrected chi connectivity index (χ4v) is 3.75. The van der Waals surface area contributed by atoms with E-state index < -0.39 is 0 Å². The van der Waals surface area contributed by atoms with Crippen molar-refractivity contribution in [3.05, 3.63) is 42.2 Å². The summed E-state index contributed by atoms with van der Waals surface area (Å²) in [7, 11) is 1.87. The van der Waals surface area contributed by atoms with E-state index in [2.05, 4.69) is 15.7 Å². The van der Waals surface area contributed by atoms with E-state index in [9.17, 15) is 9.59 Å². The number of nitrogens with zero attached hydrogens (tertiary/aromatic N) is 2. The SMILES string of the molecule is Cl.Cn1cc([C@H]2CNC[C@@H]2C(=O)Nc2ccccc2SCC(N)=O)cn1. The molecule has 0 aliphatic carbocycles. The first-order chi connectivity index (χ1) is 12.0. The first-order valence-corrected chi connectivity index (χ1v) is 9.03. The second-order valence-electron chi connectivity index (χ2n) is 6.06. The first kappa shape index (κ1) is 20.3. The molecular weight excluding hydrogens is 374 g/mol. The summed E-state index contributed by atoms with van der Waals surface area (Å²) in [6.45, 7) is 1.38. The molecule has 3 rings (SSSR count). The van der Waals surface area contributed by atoms with Gasteiger partial charge in [0.05, 0.1) is 23.6 Å². The van der Waals surface area contributed by atoms with Crippen LogP contribution < -0.4 is 16.4 Å². The van der Waals surface area contributed by atoms with Gasteiger partial charge in [-0.2, -0.15) is 5.10 Å². The minimum absolute atomic E-state index is 0. The van der Waals surface area contributed by atoms with Crippen LogP contribution >= 0.6 is 24.2 Å². The van der Waals surface area contributed by atoms with E-state index in [1.807, 2.05) is 43.7 Å². The second-order valence-corrected chi connectivity index (χ2v) is 7.08. The number of hydrogen-bond acceptors (Lipinski definition) is 5. The lowest BCUT2D eigenvalue weighted by molar-refractivity contribution is -0.119. The Balaban J connectivity index is 0.00000243. The normalized spacial score (nSPS) is 19.0. The molecule has 0 bridgehead atoms. The number of halogens is 1. The molecule has 2 atom stereocenters. The molecule has 0 spiro atoms. The molecule has 1 fully saturated rings. The van der Waals surface area contributed by atoms with Crippen molar-refractivity contribution in [3.8, 4) is 0 Å². The van der Waals surface area contributed by atoms with Gasteiger partial charge in [-0.3, -0.25) is 14.3 Å². The third kappa shape index (κ3) is 4.78. The minimum atomic E-state index is -0.386. The Labute approximate surface area is 162 Å². The lowest BCUT2D eigenvalue weighted by atomic mass is 9.90. The van der Waals surface area contributed by atoms with Crippen LogP contribution in [0.1, 0.15) is 11.5 Å². The number of nitrogens with two attached hydrogens (primary N) is 1. The Morgan fingerprint density at radius 3 is 2.85 bits per heavy atom. The fourth-order valence-electron chi connectivity index (χ4n) is 3.01. The molecule has 9 heteroatoms. The van der Waals surface area contributed by atoms with Crippen molar-refractivity contribution in [2.24, 2.45) is 18.7 Å². The van der Waals surface area contributed by atoms with Crippen LogP contribution in [0.5, 0.6) is 0 Å². The zero-order valence-electron chi connectivity index (χ0n) is 14.3. The van der Waals surface area contributed by atoms with Crippen LogP contribution in [0.4, 0.5) is 5.69 Å². The van der Waals surface area contributed by atoms with Gasteiger partial charge in [-0.15, -0.1) is 24.2 Å². The molecule has 7 nitrogen and oxygen atoms in total. The van der Waals surface area contributed by atoms with Crippen molar-refractivity contribution in [2.45, 2.75) is 10.8 Å². The van der Waals surface area contributed by atoms with E-state index in [1.54, 1.807) is 4.68 Å². The molecule has 1 aromatic heterocycles. The summed E-state index contributed by atoms with van der Waals surface area (Å²) in [5.41, 5.74) is 6.98. The number of rotatable bonds is 6. The van der Waals surface area contributed by atoms with Crippen LogP contribution in [-0.4, -0.2) is 40.4 Å². The maximum Gasteiger partial charge on any atom is 0.229 e. The van der Waals surface area contributed by atoms with E-state index in [0.29, 0.717) is 12.2 Å². The predicted molar refractivity (Wildman–Crippen MR) is 105 cm³/mol. The van der Waals surface area contributed by atoms with Crippen molar-refractivity contribution in [1.82, 2.24) is 15.1 Å². The maximum absolute atomic E-state index is 12.8. The van der Waals surface area contributed by atoms with Gasteiger partial charge in [0.1, 0.15) is 0 Å². The number of nitrogens with one attached hydrogen (secondary N) is 2. The molecule has 0 saturated carbocycles. The highest BCUT2D eigenvalue weighted by molar-refractivity contribution is 8.00. The Bertz CT molecular complexity index is 782. The number of hydrogen-bond donors (Lipinski definition) is 3. The van der Waals surface area contributed by atoms with Crippen molar-refractivity contribution < 1.29 is 9.59 Å². The Morgan fingerprint density at radius 1 is 1.38 bits per heavy atom. The van der Waals surface area contributed by atoms with Gasteiger partial charge in [0.25, 0.3) is 0 Å². The van der Waals surface area contributed by atoms with Gasteiger partial charge in [0, 0.05) is 37.1 Å². The van der Waals surface area contributed by atoms with E-state index in [1.165, 1.54) is 11.8 Å². The molecule has 0 unspecified atom stereocenters. The van der Waals surface area contributed by atoms with Crippen molar-refractivity contribution in [2.75, 3.05) is 24.2 Å². The Hall–Kier alpha value is -2.03. The molecule has 4 N–H and O–H groups in total. The molecule has 2 heterocycles. The third-order valence-corrected chi connectivity index (χ3v) is 5.31. The summed E-state index contributed by atoms with van der Waals surface area (Å²) in [6, 6.07) is 7.43. The topological polar surface area (TPSA) is 102 Å². The number of primary amides is 1. The zero-order chi connectivity index (χ0) is 17.8. The van der Waals surface area contributed by atoms with Gasteiger partial charge in [-0.1, -0.05) is 12.1 Å². The summed E-state index contributed by atoms with van der Waals surface area (Å²) in [4.78, 5) is 24.7. The molecule has 26 heavy (non-hydrogen) atoms. The number of amides is 2. The summed E-state index contributed by atoms with van der Waals surface area (Å²) in [5.74, 6) is -0.317. The fraction of sp³-hybridized carbons (Fsp3) is 0.353. The van der Waals surface area contributed by atoms with Crippen molar-refractivity contribution in [3.63, 3.8) is 0 Å². The van der Waals surface area contributed by atoms with E-state index in [0.717, 1.165) is 17.0 Å². The van der Waals surface area contributed by atoms with Crippen LogP contribution in [0.3, 0.4) is 0 Å². The summed E-state index contributed by atoms with van der Waals surface area (Å²) in [6.07, 6.45) is 3.77. The van der Waals surface area contributed by atoms with E-state index >= 15 is 0 Å². The molecule has 1 saturated heterocycles. The molecule has 1 aromatic carbocycles. The number of carbonyl (C=O) groups is 2. The number of anilines is 1. The monoisotopic (exact) mass is 395 g/mol. The molecule has 1 aliphatic rings. The predicted octanol–water partition coefficient (Wildman–Crippen LogP) is 1.36. The standard InChI is InChI=1S/C17H21N5O2S.ClH/c1-22-9-11(6-20-22)12-7-19-8-13(12)17(24)21-14-4-2-3-5-15(14)25-10-16(18)23;/h2-6,9,12-13,19H,7-8,10H2,1H3,(H2,18,23)(H,21,24);1H/t12-,13+;/m1./s1. The average Bonchev–Trinajstić information content (AvgIpc) is 3.22. The zero-order valence-corrected chi connectivity index (χ0v) is 16.0. The van der Waals surface area contributed by atoms with Crippen LogP contribution in [0, 0.1) is 5.92 Å². The van der Waals surface area contributed by atoms with Gasteiger partial charge in [0.2, 0.25) is 11.8 Å². The van der Waals surface area contributed by atoms with Gasteiger partial charge in [-0.05, 0) is 17.7 Å². The number of aryl methyl sites for hydroxylation is 1. The largest absolute Gasteiger partial charge is 0.369 e. The van der Waals surface area contributed by atoms with Gasteiger partial charge >= 0.3 is 0 Å². The van der Waals surface area contributed by atoms with Crippen LogP contribution in [-0.2, 0) is 16.6 Å². The lowest BCUT2D eigenvalue weighted by Gasteiger charge is -2.18. The highest BCUT2D eigenvalue weighted by atomic mass is 35.5. The Morgan fingerprint density at radius 2 is 2.15 bits per heavy atom. The number of benzene rings is 1. The van der Waals surface area contributed by atoms with Gasteiger partial charge in [0.15, 0.2) is 0 Å². The second kappa shape index (κ2) is 9.07. The number of thioether (sulfide) groups is 1. The van der Waals surface area contributed by atoms with Crippen LogP contribution in [0.2, 0.25) is 0 Å². The molecular formula is C17H22ClN5O2S. The Kier molecular flexibility index (Phi) is 7.07. The van der Waals surface area contributed by atoms with Crippen molar-refractivity contribution in [1.29, 1.82) is 0 Å². The van der Waals surface area contributed by atoms with Gasteiger partial charge in [-0.25, -0.2) is 0 Å². The molecule has 2 aromatic rings. The smallest absolute Gasteiger partial charge is 0.229 e. The number of aromatic nitrogens is 2. The van der Waals surface area contributed by atoms with E-state index in [4.69, 9.17) is 5.73 Å². The quantitative estimate of drug-likeness (QED) is 0.641. The minimum Gasteiger partial charge on any atom is -0.369 e. The van der Waals surface area contributed by atoms with Gasteiger partial charge < -0.3 is 16.4 Å². The highest BCUT2D eigenvalue weighted by Gasteiger charge is 2.34. The molecule has 0 radical (unpaired) electrons. The third-order valence-electron chi connectivity index (χ3n) is 4.22. The molecule has 1 aliphatic heterocycles. The first-order valence-electron chi connectivity index (χ1n) is 8.05. The number of carbonyl (C=O) groups excluding carboxylic acids is 2. The lowest BCUT2D eigenvalue weighted by Crippen LogP contribution is -2.28. The molecule has 2 amide bonds. The van der Waals surface area contributed by atoms with E-state index in [-0.39, 0.29) is 41.8 Å². The summed E-state index contributed by atoms with van der Waals surface area (Å²) < 4.78 is 1.75.